The number of hydrogen-bond donors (Lipinski definition) is 1. The topological polar surface area (TPSA) is 50.8 Å². The highest BCUT2D eigenvalue weighted by Gasteiger charge is 2.49. The zero-order chi connectivity index (χ0) is 23.6. The first-order chi connectivity index (χ1) is 15.7. The summed E-state index contributed by atoms with van der Waals surface area (Å²) >= 11 is 0. The predicted octanol–water partition coefficient (Wildman–Crippen LogP) is 4.98. The molecule has 2 aliphatic rings. The number of nitrogens with one attached hydrogen (secondary N) is 1. The zero-order valence-electron chi connectivity index (χ0n) is 18.8. The van der Waals surface area contributed by atoms with Gasteiger partial charge in [0.15, 0.2) is 0 Å². The number of carbonyl (C=O) groups is 1. The first-order valence-corrected chi connectivity index (χ1v) is 11.2. The Bertz CT molecular complexity index is 983. The molecule has 3 unspecified atom stereocenters. The molecule has 2 heterocycles. The van der Waals surface area contributed by atoms with Gasteiger partial charge in [-0.2, -0.15) is 13.2 Å². The van der Waals surface area contributed by atoms with Crippen LogP contribution in [0.2, 0.25) is 0 Å². The van der Waals surface area contributed by atoms with Crippen molar-refractivity contribution in [2.24, 2.45) is 0 Å². The van der Waals surface area contributed by atoms with E-state index in [-0.39, 0.29) is 17.6 Å². The summed E-state index contributed by atoms with van der Waals surface area (Å²) in [6.45, 7) is 1.14. The number of anilines is 1. The summed E-state index contributed by atoms with van der Waals surface area (Å²) in [5.41, 5.74) is 1.72. The fourth-order valence-electron chi connectivity index (χ4n) is 5.18. The second-order valence-electron chi connectivity index (χ2n) is 8.82. The lowest BCUT2D eigenvalue weighted by Gasteiger charge is -2.41. The van der Waals surface area contributed by atoms with E-state index in [0.29, 0.717) is 18.8 Å². The number of methoxy groups -OCH3 is 1. The Hall–Kier alpha value is -2.58. The van der Waals surface area contributed by atoms with Crippen molar-refractivity contribution in [3.05, 3.63) is 59.7 Å². The van der Waals surface area contributed by atoms with Crippen molar-refractivity contribution in [1.29, 1.82) is 0 Å². The van der Waals surface area contributed by atoms with E-state index in [1.807, 2.05) is 18.2 Å². The summed E-state index contributed by atoms with van der Waals surface area (Å²) < 4.78 is 51.3. The molecule has 1 N–H and O–H groups in total. The molecule has 2 fully saturated rings. The normalized spacial score (nSPS) is 25.2. The standard InChI is InChI=1S/C25H29F3N2O3/c1-17(31)30(16-25(26,27)28)20-9-10-22(32-2)21(13-20)19-14-24(33-15-19)11-6-12-29-23(24)18-7-4-3-5-8-18/h3-5,7-10,13,19,23,29H,6,11-12,14-16H2,1-2H3. The molecule has 0 aromatic heterocycles. The number of hydrogen-bond acceptors (Lipinski definition) is 4. The highest BCUT2D eigenvalue weighted by molar-refractivity contribution is 5.91. The zero-order valence-corrected chi connectivity index (χ0v) is 18.8. The van der Waals surface area contributed by atoms with E-state index in [0.717, 1.165) is 42.3 Å². The van der Waals surface area contributed by atoms with Gasteiger partial charge >= 0.3 is 6.18 Å². The maximum absolute atomic E-state index is 13.1. The molecule has 5 nitrogen and oxygen atoms in total. The molecule has 2 aromatic carbocycles. The Morgan fingerprint density at radius 2 is 2.00 bits per heavy atom. The van der Waals surface area contributed by atoms with Crippen molar-refractivity contribution < 1.29 is 27.4 Å². The number of amides is 1. The van der Waals surface area contributed by atoms with Crippen LogP contribution in [0.3, 0.4) is 0 Å². The third-order valence-electron chi connectivity index (χ3n) is 6.63. The van der Waals surface area contributed by atoms with Crippen molar-refractivity contribution in [2.75, 3.05) is 31.7 Å². The van der Waals surface area contributed by atoms with E-state index in [2.05, 4.69) is 17.4 Å². The average Bonchev–Trinajstić information content (AvgIpc) is 3.21. The van der Waals surface area contributed by atoms with Crippen LogP contribution in [0.1, 0.15) is 49.3 Å². The van der Waals surface area contributed by atoms with E-state index in [1.54, 1.807) is 12.1 Å². The minimum absolute atomic E-state index is 0.0329. The predicted molar refractivity (Wildman–Crippen MR) is 120 cm³/mol. The average molecular weight is 463 g/mol. The van der Waals surface area contributed by atoms with E-state index in [4.69, 9.17) is 9.47 Å². The van der Waals surface area contributed by atoms with E-state index in [1.165, 1.54) is 13.2 Å². The summed E-state index contributed by atoms with van der Waals surface area (Å²) in [6, 6.07) is 15.0. The van der Waals surface area contributed by atoms with Gasteiger partial charge in [0.25, 0.3) is 0 Å². The van der Waals surface area contributed by atoms with Gasteiger partial charge < -0.3 is 19.7 Å². The number of ether oxygens (including phenoxy) is 2. The van der Waals surface area contributed by atoms with Crippen LogP contribution in [0.4, 0.5) is 18.9 Å². The van der Waals surface area contributed by atoms with E-state index in [9.17, 15) is 18.0 Å². The molecular weight excluding hydrogens is 433 g/mol. The number of carbonyl (C=O) groups excluding carboxylic acids is 1. The molecule has 33 heavy (non-hydrogen) atoms. The SMILES string of the molecule is COc1ccc(N(CC(F)(F)F)C(C)=O)cc1C1COC2(CCCNC2c2ccccc2)C1. The van der Waals surface area contributed by atoms with Crippen LogP contribution in [0, 0.1) is 0 Å². The second kappa shape index (κ2) is 9.35. The number of nitrogens with zero attached hydrogens (tertiary/aromatic N) is 1. The first-order valence-electron chi connectivity index (χ1n) is 11.2. The fourth-order valence-corrected chi connectivity index (χ4v) is 5.18. The molecule has 0 saturated carbocycles. The van der Waals surface area contributed by atoms with Crippen LogP contribution in [0.25, 0.3) is 0 Å². The Balaban J connectivity index is 1.65. The number of alkyl halides is 3. The Morgan fingerprint density at radius 3 is 2.67 bits per heavy atom. The third kappa shape index (κ3) is 5.01. The molecule has 0 bridgehead atoms. The minimum atomic E-state index is -4.50. The molecule has 2 aromatic rings. The van der Waals surface area contributed by atoms with Gasteiger partial charge in [0.1, 0.15) is 12.3 Å². The van der Waals surface area contributed by atoms with E-state index >= 15 is 0 Å². The maximum atomic E-state index is 13.1. The Morgan fingerprint density at radius 1 is 1.24 bits per heavy atom. The monoisotopic (exact) mass is 462 g/mol. The lowest BCUT2D eigenvalue weighted by atomic mass is 9.77. The third-order valence-corrected chi connectivity index (χ3v) is 6.63. The number of piperidine rings is 1. The highest BCUT2D eigenvalue weighted by atomic mass is 19.4. The molecule has 2 saturated heterocycles. The smallest absolute Gasteiger partial charge is 0.406 e. The van der Waals surface area contributed by atoms with Crippen molar-refractivity contribution >= 4 is 11.6 Å². The van der Waals surface area contributed by atoms with Crippen molar-refractivity contribution in [2.45, 2.75) is 49.9 Å². The molecule has 0 aliphatic carbocycles. The van der Waals surface area contributed by atoms with Gasteiger partial charge in [-0.15, -0.1) is 0 Å². The van der Waals surface area contributed by atoms with Crippen LogP contribution in [0.15, 0.2) is 48.5 Å². The summed E-state index contributed by atoms with van der Waals surface area (Å²) in [4.78, 5) is 12.8. The fraction of sp³-hybridized carbons (Fsp3) is 0.480. The molecular formula is C25H29F3N2O3. The number of halogens is 3. The van der Waals surface area contributed by atoms with Gasteiger partial charge in [0.2, 0.25) is 5.91 Å². The molecule has 1 spiro atoms. The second-order valence-corrected chi connectivity index (χ2v) is 8.82. The Labute approximate surface area is 191 Å². The summed E-state index contributed by atoms with van der Waals surface area (Å²) in [5, 5.41) is 3.60. The molecule has 8 heteroatoms. The molecule has 0 radical (unpaired) electrons. The van der Waals surface area contributed by atoms with Crippen LogP contribution in [-0.2, 0) is 9.53 Å². The molecule has 2 aliphatic heterocycles. The summed E-state index contributed by atoms with van der Waals surface area (Å²) in [5.74, 6) is -0.145. The lowest BCUT2D eigenvalue weighted by molar-refractivity contribution is -0.131. The van der Waals surface area contributed by atoms with Crippen LogP contribution < -0.4 is 15.0 Å². The van der Waals surface area contributed by atoms with Crippen molar-refractivity contribution in [3.63, 3.8) is 0 Å². The van der Waals surface area contributed by atoms with Gasteiger partial charge in [0.05, 0.1) is 25.4 Å². The molecule has 178 valence electrons. The number of rotatable bonds is 5. The van der Waals surface area contributed by atoms with Gasteiger partial charge in [-0.05, 0) is 49.6 Å². The van der Waals surface area contributed by atoms with Gasteiger partial charge in [-0.25, -0.2) is 0 Å². The highest BCUT2D eigenvalue weighted by Crippen LogP contribution is 2.50. The van der Waals surface area contributed by atoms with E-state index < -0.39 is 24.2 Å². The van der Waals surface area contributed by atoms with Crippen molar-refractivity contribution in [1.82, 2.24) is 5.32 Å². The van der Waals surface area contributed by atoms with Crippen LogP contribution in [0.5, 0.6) is 5.75 Å². The van der Waals surface area contributed by atoms with Crippen LogP contribution in [-0.4, -0.2) is 44.5 Å². The maximum Gasteiger partial charge on any atom is 0.406 e. The first kappa shape index (κ1) is 23.6. The minimum Gasteiger partial charge on any atom is -0.496 e. The Kier molecular flexibility index (Phi) is 6.68. The molecule has 1 amide bonds. The van der Waals surface area contributed by atoms with Crippen LogP contribution >= 0.6 is 0 Å². The lowest BCUT2D eigenvalue weighted by Crippen LogP contribution is -2.48. The number of benzene rings is 2. The molecule has 3 atom stereocenters. The quantitative estimate of drug-likeness (QED) is 0.681. The summed E-state index contributed by atoms with van der Waals surface area (Å²) in [6.07, 6.45) is -1.91. The van der Waals surface area contributed by atoms with Gasteiger partial charge in [-0.3, -0.25) is 4.79 Å². The van der Waals surface area contributed by atoms with Gasteiger partial charge in [0, 0.05) is 24.1 Å². The van der Waals surface area contributed by atoms with Gasteiger partial charge in [-0.1, -0.05) is 30.3 Å². The molecule has 4 rings (SSSR count). The van der Waals surface area contributed by atoms with Crippen molar-refractivity contribution in [3.8, 4) is 5.75 Å². The largest absolute Gasteiger partial charge is 0.496 e. The summed E-state index contributed by atoms with van der Waals surface area (Å²) in [7, 11) is 1.54.